The van der Waals surface area contributed by atoms with E-state index in [1.165, 1.54) is 48.5 Å². The average molecular weight is 937 g/mol. The zero-order valence-corrected chi connectivity index (χ0v) is 38.5. The number of rotatable bonds is 8. The Morgan fingerprint density at radius 3 is 0.889 bits per heavy atom. The topological polar surface area (TPSA) is 9.86 Å². The minimum absolute atomic E-state index is 0.327. The molecule has 0 amide bonds. The first-order valence-electron chi connectivity index (χ1n) is 23.8. The highest BCUT2D eigenvalue weighted by molar-refractivity contribution is 6.22. The van der Waals surface area contributed by atoms with Crippen LogP contribution in [0.3, 0.4) is 0 Å². The fourth-order valence-corrected chi connectivity index (χ4v) is 10.9. The molecular formula is C66H40F4N2. The quantitative estimate of drug-likeness (QED) is 0.106. The summed E-state index contributed by atoms with van der Waals surface area (Å²) < 4.78 is 62.9. The Labute approximate surface area is 412 Å². The summed E-state index contributed by atoms with van der Waals surface area (Å²) in [6, 6.07) is 76.9. The van der Waals surface area contributed by atoms with Gasteiger partial charge in [0.25, 0.3) is 0 Å². The van der Waals surface area contributed by atoms with E-state index in [4.69, 9.17) is 0 Å². The summed E-state index contributed by atoms with van der Waals surface area (Å²) in [5, 5.41) is 6.08. The zero-order chi connectivity index (χ0) is 48.5. The number of halogens is 4. The first-order valence-corrected chi connectivity index (χ1v) is 23.8. The fraction of sp³-hybridized carbons (Fsp3) is 0. The van der Waals surface area contributed by atoms with Crippen LogP contribution in [0.25, 0.3) is 122 Å². The van der Waals surface area contributed by atoms with E-state index in [0.29, 0.717) is 0 Å². The SMILES string of the molecule is Fc1ccc(-c2c(-c3ccc(F)cc3)n(-c3ccc4c(-c5ccccc5)c5cc(-n6c(-c7ccc(F)cc7)c(-c7ccc(F)cc7)c7ccccc76)ccc5c(-c5ccccc5)c4c3)c3ccccc23)cc1. The molecule has 0 radical (unpaired) electrons. The number of aromatic nitrogens is 2. The lowest BCUT2D eigenvalue weighted by atomic mass is 9.85. The van der Waals surface area contributed by atoms with Crippen molar-refractivity contribution in [2.75, 3.05) is 0 Å². The Morgan fingerprint density at radius 2 is 0.528 bits per heavy atom. The van der Waals surface area contributed by atoms with Crippen molar-refractivity contribution in [3.05, 3.63) is 266 Å². The number of benzene rings is 11. The van der Waals surface area contributed by atoms with Gasteiger partial charge in [0.15, 0.2) is 0 Å². The van der Waals surface area contributed by atoms with E-state index in [-0.39, 0.29) is 23.3 Å². The Bertz CT molecular complexity index is 3920. The molecule has 6 heteroatoms. The van der Waals surface area contributed by atoms with Gasteiger partial charge in [-0.3, -0.25) is 0 Å². The van der Waals surface area contributed by atoms with Gasteiger partial charge < -0.3 is 9.13 Å². The van der Waals surface area contributed by atoms with E-state index >= 15 is 0 Å². The smallest absolute Gasteiger partial charge is 0.123 e. The monoisotopic (exact) mass is 936 g/mol. The van der Waals surface area contributed by atoms with Gasteiger partial charge in [0.05, 0.1) is 22.4 Å². The van der Waals surface area contributed by atoms with Crippen molar-refractivity contribution in [1.29, 1.82) is 0 Å². The van der Waals surface area contributed by atoms with Crippen LogP contribution in [-0.2, 0) is 0 Å². The van der Waals surface area contributed by atoms with Crippen molar-refractivity contribution in [1.82, 2.24) is 9.13 Å². The first-order chi connectivity index (χ1) is 35.4. The van der Waals surface area contributed by atoms with Gasteiger partial charge in [0.1, 0.15) is 23.3 Å². The number of hydrogen-bond acceptors (Lipinski definition) is 0. The van der Waals surface area contributed by atoms with Crippen molar-refractivity contribution >= 4 is 43.4 Å². The zero-order valence-electron chi connectivity index (χ0n) is 38.5. The largest absolute Gasteiger partial charge is 0.309 e. The second-order valence-corrected chi connectivity index (χ2v) is 18.1. The molecule has 0 atom stereocenters. The lowest BCUT2D eigenvalue weighted by Crippen LogP contribution is -2.00. The van der Waals surface area contributed by atoms with Crippen molar-refractivity contribution in [3.8, 4) is 78.4 Å². The molecule has 11 aromatic carbocycles. The number of fused-ring (bicyclic) bond motifs is 4. The van der Waals surface area contributed by atoms with Crippen LogP contribution in [0.1, 0.15) is 0 Å². The molecule has 13 aromatic rings. The van der Waals surface area contributed by atoms with Crippen LogP contribution in [0.5, 0.6) is 0 Å². The molecule has 0 fully saturated rings. The molecule has 2 heterocycles. The molecular weight excluding hydrogens is 897 g/mol. The molecule has 2 aromatic heterocycles. The van der Waals surface area contributed by atoms with Crippen molar-refractivity contribution in [3.63, 3.8) is 0 Å². The van der Waals surface area contributed by atoms with Gasteiger partial charge in [0, 0.05) is 33.3 Å². The molecule has 0 N–H and O–H groups in total. The van der Waals surface area contributed by atoms with Crippen molar-refractivity contribution in [2.45, 2.75) is 0 Å². The Hall–Kier alpha value is -9.26. The van der Waals surface area contributed by atoms with Gasteiger partial charge in [-0.15, -0.1) is 0 Å². The minimum Gasteiger partial charge on any atom is -0.309 e. The highest BCUT2D eigenvalue weighted by Crippen LogP contribution is 2.49. The van der Waals surface area contributed by atoms with Crippen LogP contribution >= 0.6 is 0 Å². The molecule has 0 saturated carbocycles. The van der Waals surface area contributed by atoms with E-state index in [0.717, 1.165) is 122 Å². The van der Waals surface area contributed by atoms with Crippen LogP contribution in [0.15, 0.2) is 243 Å². The van der Waals surface area contributed by atoms with Gasteiger partial charge in [-0.25, -0.2) is 17.6 Å². The van der Waals surface area contributed by atoms with Gasteiger partial charge >= 0.3 is 0 Å². The van der Waals surface area contributed by atoms with Crippen molar-refractivity contribution < 1.29 is 17.6 Å². The predicted octanol–water partition coefficient (Wildman–Crippen LogP) is 18.4. The second kappa shape index (κ2) is 17.3. The number of nitrogens with zero attached hydrogens (tertiary/aromatic N) is 2. The van der Waals surface area contributed by atoms with Gasteiger partial charge in [0.2, 0.25) is 0 Å². The Morgan fingerprint density at radius 1 is 0.222 bits per heavy atom. The first kappa shape index (κ1) is 42.8. The minimum atomic E-state index is -0.337. The summed E-state index contributed by atoms with van der Waals surface area (Å²) in [4.78, 5) is 0. The fourth-order valence-electron chi connectivity index (χ4n) is 10.9. The summed E-state index contributed by atoms with van der Waals surface area (Å²) in [5.41, 5.74) is 14.7. The highest BCUT2D eigenvalue weighted by atomic mass is 19.1. The maximum Gasteiger partial charge on any atom is 0.123 e. The van der Waals surface area contributed by atoms with Crippen LogP contribution in [0.2, 0.25) is 0 Å². The molecule has 0 unspecified atom stereocenters. The van der Waals surface area contributed by atoms with Gasteiger partial charge in [-0.05, 0) is 175 Å². The third-order valence-electron chi connectivity index (χ3n) is 14.0. The Balaban J connectivity index is 1.14. The van der Waals surface area contributed by atoms with Crippen LogP contribution < -0.4 is 0 Å². The molecule has 0 aliphatic carbocycles. The normalized spacial score (nSPS) is 11.6. The van der Waals surface area contributed by atoms with E-state index in [1.807, 2.05) is 36.4 Å². The highest BCUT2D eigenvalue weighted by Gasteiger charge is 2.26. The summed E-state index contributed by atoms with van der Waals surface area (Å²) in [6.07, 6.45) is 0. The summed E-state index contributed by atoms with van der Waals surface area (Å²) in [5.74, 6) is -1.33. The van der Waals surface area contributed by atoms with E-state index < -0.39 is 0 Å². The van der Waals surface area contributed by atoms with Crippen LogP contribution in [0, 0.1) is 23.3 Å². The van der Waals surface area contributed by atoms with Gasteiger partial charge in [-0.1, -0.05) is 133 Å². The molecule has 342 valence electrons. The van der Waals surface area contributed by atoms with E-state index in [9.17, 15) is 17.6 Å². The molecule has 0 bridgehead atoms. The summed E-state index contributed by atoms with van der Waals surface area (Å²) in [6.45, 7) is 0. The maximum atomic E-state index is 14.7. The van der Waals surface area contributed by atoms with E-state index in [1.54, 1.807) is 48.5 Å². The van der Waals surface area contributed by atoms with Gasteiger partial charge in [-0.2, -0.15) is 0 Å². The van der Waals surface area contributed by atoms with Crippen molar-refractivity contribution in [2.24, 2.45) is 0 Å². The predicted molar refractivity (Wildman–Crippen MR) is 288 cm³/mol. The third-order valence-corrected chi connectivity index (χ3v) is 14.0. The third kappa shape index (κ3) is 7.10. The molecule has 2 nitrogen and oxygen atoms in total. The Kier molecular flexibility index (Phi) is 10.3. The maximum absolute atomic E-state index is 14.7. The number of hydrogen-bond donors (Lipinski definition) is 0. The molecule has 0 spiro atoms. The molecule has 0 saturated heterocycles. The molecule has 72 heavy (non-hydrogen) atoms. The number of para-hydroxylation sites is 2. The molecule has 0 aliphatic heterocycles. The standard InChI is InChI=1S/C66H40F4N2/c67-47-27-19-43(20-28-47)63-55-15-7-9-17-59(55)71(65(63)45-23-31-49(69)32-24-45)51-36-38-54-57(39-51)61(41-11-3-1-4-12-41)53-37-35-52(40-58(53)62(54)42-13-5-2-6-14-42)72-60-18-10-8-16-56(60)64(44-21-29-48(68)30-22-44)66(72)46-25-33-50(70)34-26-46/h1-40H. The van der Waals surface area contributed by atoms with Crippen LogP contribution in [-0.4, -0.2) is 9.13 Å². The van der Waals surface area contributed by atoms with E-state index in [2.05, 4.69) is 118 Å². The molecule has 0 aliphatic rings. The van der Waals surface area contributed by atoms with Crippen LogP contribution in [0.4, 0.5) is 17.6 Å². The lowest BCUT2D eigenvalue weighted by Gasteiger charge is -2.21. The second-order valence-electron chi connectivity index (χ2n) is 18.1. The summed E-state index contributed by atoms with van der Waals surface area (Å²) >= 11 is 0. The lowest BCUT2D eigenvalue weighted by molar-refractivity contribution is 0.627. The summed E-state index contributed by atoms with van der Waals surface area (Å²) in [7, 11) is 0. The average Bonchev–Trinajstić information content (AvgIpc) is 3.95. The molecule has 13 rings (SSSR count).